The Hall–Kier alpha value is -3.79. The smallest absolute Gasteiger partial charge is 0.414 e. The number of carbonyl (C=O) groups excluding carboxylic acids is 1. The van der Waals surface area contributed by atoms with E-state index < -0.39 is 0 Å². The summed E-state index contributed by atoms with van der Waals surface area (Å²) in [6, 6.07) is 28.5. The van der Waals surface area contributed by atoms with Crippen molar-refractivity contribution in [1.82, 2.24) is 4.90 Å². The molecule has 1 aliphatic carbocycles. The Kier molecular flexibility index (Phi) is 8.21. The Bertz CT molecular complexity index is 1280. The molecule has 3 unspecified atom stereocenters. The molecule has 5 rings (SSSR count). The van der Waals surface area contributed by atoms with Gasteiger partial charge in [0.1, 0.15) is 17.6 Å². The zero-order valence-electron chi connectivity index (χ0n) is 23.2. The predicted molar refractivity (Wildman–Crippen MR) is 157 cm³/mol. The molecule has 1 heterocycles. The summed E-state index contributed by atoms with van der Waals surface area (Å²) in [5.41, 5.74) is 2.26. The molecule has 1 aliphatic heterocycles. The largest absolute Gasteiger partial charge is 0.457 e. The van der Waals surface area contributed by atoms with Crippen LogP contribution in [-0.4, -0.2) is 23.1 Å². The second kappa shape index (κ2) is 11.9. The third-order valence-electron chi connectivity index (χ3n) is 8.36. The molecule has 39 heavy (non-hydrogen) atoms. The number of nitrogens with zero attached hydrogens (tertiary/aromatic N) is 1. The molecular formula is C35H39NO3. The molecule has 0 spiro atoms. The van der Waals surface area contributed by atoms with Crippen molar-refractivity contribution in [3.8, 4) is 11.5 Å². The van der Waals surface area contributed by atoms with Gasteiger partial charge in [-0.1, -0.05) is 100 Å². The van der Waals surface area contributed by atoms with Gasteiger partial charge in [-0.3, -0.25) is 4.90 Å². The Balaban J connectivity index is 1.30. The van der Waals surface area contributed by atoms with Gasteiger partial charge in [0.25, 0.3) is 0 Å². The molecule has 0 N–H and O–H groups in total. The van der Waals surface area contributed by atoms with Crippen LogP contribution in [0.3, 0.4) is 0 Å². The maximum atomic E-state index is 13.6. The number of carbonyl (C=O) groups is 1. The lowest BCUT2D eigenvalue weighted by Gasteiger charge is -2.44. The highest BCUT2D eigenvalue weighted by Crippen LogP contribution is 2.44. The SMILES string of the molecule is CC1CCC(C(C)(C)c2ccc(Oc3ccccc3)cc2)C(OC(=O)N2C=CC=C[C@H]2Cc2ccccc2)C1. The van der Waals surface area contributed by atoms with E-state index in [2.05, 4.69) is 51.1 Å². The summed E-state index contributed by atoms with van der Waals surface area (Å²) in [5.74, 6) is 2.38. The van der Waals surface area contributed by atoms with E-state index in [0.717, 1.165) is 37.2 Å². The first-order valence-corrected chi connectivity index (χ1v) is 14.1. The first-order valence-electron chi connectivity index (χ1n) is 14.1. The molecule has 2 aliphatic rings. The predicted octanol–water partition coefficient (Wildman–Crippen LogP) is 8.69. The second-order valence-corrected chi connectivity index (χ2v) is 11.5. The minimum Gasteiger partial charge on any atom is -0.457 e. The maximum Gasteiger partial charge on any atom is 0.414 e. The molecule has 1 fully saturated rings. The number of para-hydroxylation sites is 1. The normalized spacial score (nSPS) is 22.9. The van der Waals surface area contributed by atoms with Gasteiger partial charge in [0, 0.05) is 12.1 Å². The number of amides is 1. The summed E-state index contributed by atoms with van der Waals surface area (Å²) in [6.07, 6.45) is 11.3. The standard InChI is InChI=1S/C35H39NO3/c1-26-17-22-32(35(2,3)28-18-20-31(21-19-28)38-30-15-8-5-9-16-30)33(24-26)39-34(37)36-23-11-10-14-29(36)25-27-12-6-4-7-13-27/h4-16,18-21,23,26,29,32-33H,17,22,24-25H2,1-3H3/t26?,29-,32?,33?/m0/s1. The van der Waals surface area contributed by atoms with E-state index in [1.165, 1.54) is 11.1 Å². The van der Waals surface area contributed by atoms with Crippen molar-refractivity contribution in [2.45, 2.75) is 64.0 Å². The van der Waals surface area contributed by atoms with Crippen LogP contribution in [0.5, 0.6) is 11.5 Å². The average molecular weight is 522 g/mol. The van der Waals surface area contributed by atoms with Crippen molar-refractivity contribution in [3.05, 3.63) is 120 Å². The van der Waals surface area contributed by atoms with Gasteiger partial charge in [0.2, 0.25) is 0 Å². The highest BCUT2D eigenvalue weighted by Gasteiger charge is 2.42. The summed E-state index contributed by atoms with van der Waals surface area (Å²) in [5, 5.41) is 0. The number of rotatable bonds is 7. The van der Waals surface area contributed by atoms with Gasteiger partial charge in [0.05, 0.1) is 6.04 Å². The Morgan fingerprint density at radius 3 is 2.26 bits per heavy atom. The van der Waals surface area contributed by atoms with Crippen molar-refractivity contribution >= 4 is 6.09 Å². The van der Waals surface area contributed by atoms with Gasteiger partial charge in [-0.15, -0.1) is 0 Å². The van der Waals surface area contributed by atoms with E-state index in [0.29, 0.717) is 5.92 Å². The molecular weight excluding hydrogens is 482 g/mol. The van der Waals surface area contributed by atoms with Crippen molar-refractivity contribution in [2.24, 2.45) is 11.8 Å². The highest BCUT2D eigenvalue weighted by molar-refractivity contribution is 5.70. The van der Waals surface area contributed by atoms with Crippen LogP contribution in [-0.2, 0) is 16.6 Å². The van der Waals surface area contributed by atoms with Crippen LogP contribution < -0.4 is 4.74 Å². The van der Waals surface area contributed by atoms with Crippen molar-refractivity contribution in [2.75, 3.05) is 0 Å². The Morgan fingerprint density at radius 1 is 0.872 bits per heavy atom. The quantitative estimate of drug-likeness (QED) is 0.312. The molecule has 1 saturated carbocycles. The van der Waals surface area contributed by atoms with Gasteiger partial charge in [0.15, 0.2) is 0 Å². The molecule has 3 aromatic carbocycles. The molecule has 0 radical (unpaired) electrons. The monoisotopic (exact) mass is 521 g/mol. The van der Waals surface area contributed by atoms with E-state index in [1.807, 2.05) is 79.0 Å². The summed E-state index contributed by atoms with van der Waals surface area (Å²) in [4.78, 5) is 15.4. The third kappa shape index (κ3) is 6.44. The van der Waals surface area contributed by atoms with Crippen LogP contribution in [0.4, 0.5) is 4.79 Å². The zero-order valence-corrected chi connectivity index (χ0v) is 23.2. The van der Waals surface area contributed by atoms with Gasteiger partial charge in [-0.2, -0.15) is 0 Å². The lowest BCUT2D eigenvalue weighted by atomic mass is 9.64. The molecule has 4 nitrogen and oxygen atoms in total. The van der Waals surface area contributed by atoms with Gasteiger partial charge in [-0.25, -0.2) is 4.79 Å². The van der Waals surface area contributed by atoms with Crippen LogP contribution in [0.1, 0.15) is 51.2 Å². The van der Waals surface area contributed by atoms with Crippen LogP contribution in [0.2, 0.25) is 0 Å². The lowest BCUT2D eigenvalue weighted by molar-refractivity contribution is -0.0156. The zero-order chi connectivity index (χ0) is 27.2. The average Bonchev–Trinajstić information content (AvgIpc) is 2.95. The first kappa shape index (κ1) is 26.8. The minimum absolute atomic E-state index is 0.0606. The van der Waals surface area contributed by atoms with Crippen molar-refractivity contribution < 1.29 is 14.3 Å². The maximum absolute atomic E-state index is 13.6. The fourth-order valence-corrected chi connectivity index (χ4v) is 6.02. The lowest BCUT2D eigenvalue weighted by Crippen LogP contribution is -2.46. The van der Waals surface area contributed by atoms with Gasteiger partial charge >= 0.3 is 6.09 Å². The number of benzene rings is 3. The number of hydrogen-bond donors (Lipinski definition) is 0. The topological polar surface area (TPSA) is 38.8 Å². The van der Waals surface area contributed by atoms with E-state index in [4.69, 9.17) is 9.47 Å². The highest BCUT2D eigenvalue weighted by atomic mass is 16.6. The van der Waals surface area contributed by atoms with Crippen LogP contribution in [0.25, 0.3) is 0 Å². The third-order valence-corrected chi connectivity index (χ3v) is 8.36. The molecule has 4 heteroatoms. The van der Waals surface area contributed by atoms with E-state index in [-0.39, 0.29) is 29.6 Å². The van der Waals surface area contributed by atoms with Crippen LogP contribution in [0.15, 0.2) is 109 Å². The summed E-state index contributed by atoms with van der Waals surface area (Å²) < 4.78 is 12.4. The molecule has 3 aromatic rings. The van der Waals surface area contributed by atoms with Gasteiger partial charge in [-0.05, 0) is 72.1 Å². The second-order valence-electron chi connectivity index (χ2n) is 11.5. The Morgan fingerprint density at radius 2 is 1.54 bits per heavy atom. The van der Waals surface area contributed by atoms with Crippen molar-refractivity contribution in [1.29, 1.82) is 0 Å². The molecule has 202 valence electrons. The van der Waals surface area contributed by atoms with Crippen LogP contribution >= 0.6 is 0 Å². The first-order chi connectivity index (χ1) is 18.9. The van der Waals surface area contributed by atoms with Gasteiger partial charge < -0.3 is 9.47 Å². The summed E-state index contributed by atoms with van der Waals surface area (Å²) >= 11 is 0. The molecule has 1 amide bonds. The van der Waals surface area contributed by atoms with E-state index in [9.17, 15) is 4.79 Å². The minimum atomic E-state index is -0.261. The Labute approximate surface area is 233 Å². The number of ether oxygens (including phenoxy) is 2. The van der Waals surface area contributed by atoms with Crippen molar-refractivity contribution in [3.63, 3.8) is 0 Å². The fourth-order valence-electron chi connectivity index (χ4n) is 6.02. The van der Waals surface area contributed by atoms with E-state index in [1.54, 1.807) is 4.90 Å². The van der Waals surface area contributed by atoms with E-state index >= 15 is 0 Å². The molecule has 0 saturated heterocycles. The molecule has 0 bridgehead atoms. The van der Waals surface area contributed by atoms with Crippen LogP contribution in [0, 0.1) is 11.8 Å². The summed E-state index contributed by atoms with van der Waals surface area (Å²) in [6.45, 7) is 6.83. The molecule has 0 aromatic heterocycles. The number of hydrogen-bond acceptors (Lipinski definition) is 3. The summed E-state index contributed by atoms with van der Waals surface area (Å²) in [7, 11) is 0. The fraction of sp³-hybridized carbons (Fsp3) is 0.343. The molecule has 4 atom stereocenters. The number of allylic oxidation sites excluding steroid dienone is 2.